The van der Waals surface area contributed by atoms with Crippen LogP contribution in [-0.4, -0.2) is 38.8 Å². The van der Waals surface area contributed by atoms with Gasteiger partial charge in [-0.1, -0.05) is 24.3 Å². The number of nitrogens with zero attached hydrogens (tertiary/aromatic N) is 1. The van der Waals surface area contributed by atoms with Crippen LogP contribution in [-0.2, 0) is 10.2 Å². The van der Waals surface area contributed by atoms with Crippen LogP contribution in [0, 0.1) is 5.92 Å². The molecule has 1 saturated carbocycles. The topological polar surface area (TPSA) is 38.5 Å². The van der Waals surface area contributed by atoms with Gasteiger partial charge in [-0.2, -0.15) is 0 Å². The summed E-state index contributed by atoms with van der Waals surface area (Å²) in [6, 6.07) is 9.78. The summed E-state index contributed by atoms with van der Waals surface area (Å²) in [5, 5.41) is 0. The zero-order valence-corrected chi connectivity index (χ0v) is 12.6. The van der Waals surface area contributed by atoms with Gasteiger partial charge in [0.05, 0.1) is 6.61 Å². The first-order valence-corrected chi connectivity index (χ1v) is 7.68. The van der Waals surface area contributed by atoms with Crippen molar-refractivity contribution in [3.05, 3.63) is 35.4 Å². The first kappa shape index (κ1) is 14.1. The van der Waals surface area contributed by atoms with E-state index in [0.717, 1.165) is 19.7 Å². The smallest absolute Gasteiger partial charge is 0.0559 e. The van der Waals surface area contributed by atoms with E-state index in [9.17, 15) is 0 Å². The Morgan fingerprint density at radius 1 is 1.30 bits per heavy atom. The van der Waals surface area contributed by atoms with Crippen molar-refractivity contribution in [2.24, 2.45) is 11.7 Å². The van der Waals surface area contributed by atoms with Gasteiger partial charge in [0, 0.05) is 25.1 Å². The van der Waals surface area contributed by atoms with Crippen molar-refractivity contribution < 1.29 is 4.74 Å². The highest BCUT2D eigenvalue weighted by Gasteiger charge is 2.44. The van der Waals surface area contributed by atoms with Crippen molar-refractivity contribution >= 4 is 0 Å². The number of ether oxygens (including phenoxy) is 1. The molecule has 20 heavy (non-hydrogen) atoms. The molecular weight excluding hydrogens is 248 g/mol. The summed E-state index contributed by atoms with van der Waals surface area (Å²) in [6.07, 6.45) is 3.72. The Morgan fingerprint density at radius 3 is 2.50 bits per heavy atom. The van der Waals surface area contributed by atoms with Crippen LogP contribution in [0.2, 0.25) is 0 Å². The number of hydrogen-bond donors (Lipinski definition) is 1. The molecule has 1 aliphatic heterocycles. The fourth-order valence-electron chi connectivity index (χ4n) is 3.67. The Bertz CT molecular complexity index is 453. The van der Waals surface area contributed by atoms with Crippen LogP contribution in [0.25, 0.3) is 0 Å². The molecule has 2 N–H and O–H groups in total. The molecule has 3 heteroatoms. The van der Waals surface area contributed by atoms with Gasteiger partial charge in [-0.3, -0.25) is 4.90 Å². The van der Waals surface area contributed by atoms with Crippen LogP contribution in [0.5, 0.6) is 0 Å². The molecular formula is C17H26N2O. The summed E-state index contributed by atoms with van der Waals surface area (Å²) >= 11 is 0. The quantitative estimate of drug-likeness (QED) is 0.895. The largest absolute Gasteiger partial charge is 0.384 e. The highest BCUT2D eigenvalue weighted by Crippen LogP contribution is 2.48. The van der Waals surface area contributed by atoms with E-state index < -0.39 is 0 Å². The molecule has 1 aromatic carbocycles. The number of rotatable bonds is 5. The molecule has 3 rings (SSSR count). The van der Waals surface area contributed by atoms with Crippen molar-refractivity contribution in [3.8, 4) is 0 Å². The molecule has 1 aromatic rings. The summed E-state index contributed by atoms with van der Waals surface area (Å²) in [4.78, 5) is 2.44. The zero-order valence-electron chi connectivity index (χ0n) is 12.6. The molecule has 2 unspecified atom stereocenters. The minimum Gasteiger partial charge on any atom is -0.384 e. The molecule has 1 saturated heterocycles. The average molecular weight is 274 g/mol. The lowest BCUT2D eigenvalue weighted by molar-refractivity contribution is 0.171. The SMILES string of the molecule is COCC1(c2ccc(C3CC(CN)CN3C)cc2)CC1. The number of nitrogens with two attached hydrogens (primary N) is 1. The van der Waals surface area contributed by atoms with Crippen LogP contribution >= 0.6 is 0 Å². The lowest BCUT2D eigenvalue weighted by Gasteiger charge is -2.21. The third-order valence-corrected chi connectivity index (χ3v) is 5.15. The maximum atomic E-state index is 5.82. The van der Waals surface area contributed by atoms with Crippen molar-refractivity contribution in [3.63, 3.8) is 0 Å². The van der Waals surface area contributed by atoms with E-state index in [1.807, 2.05) is 0 Å². The molecule has 1 heterocycles. The lowest BCUT2D eigenvalue weighted by Crippen LogP contribution is -2.20. The third kappa shape index (κ3) is 2.50. The Kier molecular flexibility index (Phi) is 3.85. The van der Waals surface area contributed by atoms with Gasteiger partial charge in [-0.05, 0) is 49.9 Å². The Balaban J connectivity index is 1.74. The third-order valence-electron chi connectivity index (χ3n) is 5.15. The van der Waals surface area contributed by atoms with E-state index >= 15 is 0 Å². The number of benzene rings is 1. The number of likely N-dealkylation sites (tertiary alicyclic amines) is 1. The maximum Gasteiger partial charge on any atom is 0.0559 e. The standard InChI is InChI=1S/C17H26N2O/c1-19-11-13(10-18)9-16(19)14-3-5-15(6-4-14)17(7-8-17)12-20-2/h3-6,13,16H,7-12,18H2,1-2H3. The van der Waals surface area contributed by atoms with Crippen LogP contribution in [0.1, 0.15) is 36.4 Å². The van der Waals surface area contributed by atoms with Gasteiger partial charge >= 0.3 is 0 Å². The Hall–Kier alpha value is -0.900. The molecule has 2 atom stereocenters. The molecule has 0 bridgehead atoms. The molecule has 0 spiro atoms. The molecule has 0 radical (unpaired) electrons. The number of hydrogen-bond acceptors (Lipinski definition) is 3. The van der Waals surface area contributed by atoms with E-state index in [4.69, 9.17) is 10.5 Å². The van der Waals surface area contributed by atoms with E-state index in [1.54, 1.807) is 7.11 Å². The highest BCUT2D eigenvalue weighted by molar-refractivity contribution is 5.35. The van der Waals surface area contributed by atoms with Crippen molar-refractivity contribution in [2.45, 2.75) is 30.7 Å². The fraction of sp³-hybridized carbons (Fsp3) is 0.647. The van der Waals surface area contributed by atoms with E-state index in [2.05, 4.69) is 36.2 Å². The molecule has 0 aromatic heterocycles. The summed E-state index contributed by atoms with van der Waals surface area (Å²) in [6.45, 7) is 2.78. The first-order chi connectivity index (χ1) is 9.68. The highest BCUT2D eigenvalue weighted by atomic mass is 16.5. The molecule has 3 nitrogen and oxygen atoms in total. The van der Waals surface area contributed by atoms with Crippen LogP contribution in [0.3, 0.4) is 0 Å². The summed E-state index contributed by atoms with van der Waals surface area (Å²) in [5.41, 5.74) is 9.01. The van der Waals surface area contributed by atoms with Crippen LogP contribution in [0.4, 0.5) is 0 Å². The Labute approximate surface area is 122 Å². The van der Waals surface area contributed by atoms with Gasteiger partial charge in [0.15, 0.2) is 0 Å². The summed E-state index contributed by atoms with van der Waals surface area (Å²) < 4.78 is 5.38. The maximum absolute atomic E-state index is 5.82. The second kappa shape index (κ2) is 5.47. The first-order valence-electron chi connectivity index (χ1n) is 7.68. The van der Waals surface area contributed by atoms with Crippen LogP contribution in [0.15, 0.2) is 24.3 Å². The molecule has 1 aliphatic carbocycles. The molecule has 2 fully saturated rings. The van der Waals surface area contributed by atoms with E-state index in [-0.39, 0.29) is 0 Å². The van der Waals surface area contributed by atoms with Gasteiger partial charge in [-0.25, -0.2) is 0 Å². The second-order valence-electron chi connectivity index (χ2n) is 6.63. The summed E-state index contributed by atoms with van der Waals surface area (Å²) in [7, 11) is 4.01. The average Bonchev–Trinajstić information content (AvgIpc) is 3.15. The second-order valence-corrected chi connectivity index (χ2v) is 6.63. The Morgan fingerprint density at radius 2 is 2.00 bits per heavy atom. The van der Waals surface area contributed by atoms with Gasteiger partial charge < -0.3 is 10.5 Å². The molecule has 110 valence electrons. The molecule has 0 amide bonds. The van der Waals surface area contributed by atoms with Gasteiger partial charge in [0.25, 0.3) is 0 Å². The van der Waals surface area contributed by atoms with Crippen molar-refractivity contribution in [1.82, 2.24) is 4.90 Å². The van der Waals surface area contributed by atoms with Gasteiger partial charge in [0.1, 0.15) is 0 Å². The summed E-state index contributed by atoms with van der Waals surface area (Å²) in [5.74, 6) is 0.646. The van der Waals surface area contributed by atoms with E-state index in [1.165, 1.54) is 30.4 Å². The fourth-order valence-corrected chi connectivity index (χ4v) is 3.67. The minimum atomic E-state index is 0.314. The lowest BCUT2D eigenvalue weighted by atomic mass is 9.93. The van der Waals surface area contributed by atoms with Crippen molar-refractivity contribution in [2.75, 3.05) is 33.9 Å². The van der Waals surface area contributed by atoms with E-state index in [0.29, 0.717) is 17.4 Å². The van der Waals surface area contributed by atoms with Crippen LogP contribution < -0.4 is 5.73 Å². The normalized spacial score (nSPS) is 28.8. The monoisotopic (exact) mass is 274 g/mol. The number of methoxy groups -OCH3 is 1. The molecule has 2 aliphatic rings. The minimum absolute atomic E-state index is 0.314. The van der Waals surface area contributed by atoms with Crippen molar-refractivity contribution in [1.29, 1.82) is 0 Å². The van der Waals surface area contributed by atoms with Gasteiger partial charge in [0.2, 0.25) is 0 Å². The van der Waals surface area contributed by atoms with Gasteiger partial charge in [-0.15, -0.1) is 0 Å². The predicted octanol–water partition coefficient (Wildman–Crippen LogP) is 2.32. The predicted molar refractivity (Wildman–Crippen MR) is 81.8 cm³/mol. The zero-order chi connectivity index (χ0) is 14.2.